The minimum atomic E-state index is 0.133. The lowest BCUT2D eigenvalue weighted by molar-refractivity contribution is -0.127. The van der Waals surface area contributed by atoms with Crippen LogP contribution in [0.15, 0.2) is 28.8 Å². The van der Waals surface area contributed by atoms with E-state index in [1.807, 2.05) is 24.3 Å². The number of hydrogen-bond acceptors (Lipinski definition) is 5. The summed E-state index contributed by atoms with van der Waals surface area (Å²) in [5.74, 6) is 1.56. The number of aromatic nitrogens is 2. The summed E-state index contributed by atoms with van der Waals surface area (Å²) in [7, 11) is 0. The molecule has 1 aliphatic heterocycles. The molecule has 0 atom stereocenters. The third-order valence-electron chi connectivity index (χ3n) is 5.59. The fourth-order valence-electron chi connectivity index (χ4n) is 3.97. The van der Waals surface area contributed by atoms with Gasteiger partial charge in [0.2, 0.25) is 17.6 Å². The van der Waals surface area contributed by atoms with Crippen molar-refractivity contribution in [3.8, 4) is 11.4 Å². The molecule has 2 heterocycles. The smallest absolute Gasteiger partial charge is 0.241 e. The highest BCUT2D eigenvalue weighted by Gasteiger charge is 2.28. The number of nitrogens with one attached hydrogen (secondary N) is 1. The van der Waals surface area contributed by atoms with Gasteiger partial charge in [0.15, 0.2) is 0 Å². The maximum Gasteiger partial charge on any atom is 0.241 e. The van der Waals surface area contributed by atoms with E-state index in [0.717, 1.165) is 44.3 Å². The molecule has 0 bridgehead atoms. The number of carbonyl (C=O) groups is 1. The molecular weight excluding hydrogens is 364 g/mol. The van der Waals surface area contributed by atoms with Gasteiger partial charge in [-0.25, -0.2) is 0 Å². The van der Waals surface area contributed by atoms with Crippen LogP contribution in [0.2, 0.25) is 5.02 Å². The highest BCUT2D eigenvalue weighted by molar-refractivity contribution is 6.30. The predicted octanol–water partition coefficient (Wildman–Crippen LogP) is 3.66. The van der Waals surface area contributed by atoms with Crippen molar-refractivity contribution >= 4 is 17.5 Å². The first kappa shape index (κ1) is 18.4. The van der Waals surface area contributed by atoms with Crippen LogP contribution in [0.4, 0.5) is 0 Å². The van der Waals surface area contributed by atoms with Crippen molar-refractivity contribution in [3.63, 3.8) is 0 Å². The molecule has 1 saturated carbocycles. The van der Waals surface area contributed by atoms with Crippen molar-refractivity contribution < 1.29 is 9.32 Å². The molecule has 27 heavy (non-hydrogen) atoms. The summed E-state index contributed by atoms with van der Waals surface area (Å²) in [6.45, 7) is 2.38. The monoisotopic (exact) mass is 388 g/mol. The first-order valence-electron chi connectivity index (χ1n) is 9.78. The van der Waals surface area contributed by atoms with Crippen molar-refractivity contribution in [2.24, 2.45) is 5.92 Å². The van der Waals surface area contributed by atoms with E-state index < -0.39 is 0 Å². The summed E-state index contributed by atoms with van der Waals surface area (Å²) in [6, 6.07) is 7.79. The van der Waals surface area contributed by atoms with E-state index in [1.54, 1.807) is 0 Å². The van der Waals surface area contributed by atoms with Gasteiger partial charge >= 0.3 is 0 Å². The number of nitrogens with zero attached hydrogens (tertiary/aromatic N) is 3. The van der Waals surface area contributed by atoms with Gasteiger partial charge in [0, 0.05) is 22.5 Å². The van der Waals surface area contributed by atoms with Crippen LogP contribution in [0.5, 0.6) is 0 Å². The van der Waals surface area contributed by atoms with Gasteiger partial charge in [-0.05, 0) is 63.0 Å². The van der Waals surface area contributed by atoms with E-state index in [-0.39, 0.29) is 11.8 Å². The second-order valence-corrected chi connectivity index (χ2v) is 8.00. The molecule has 7 heteroatoms. The number of piperidine rings is 1. The molecule has 1 aliphatic carbocycles. The number of likely N-dealkylation sites (tertiary alicyclic amines) is 1. The van der Waals surface area contributed by atoms with Crippen molar-refractivity contribution in [3.05, 3.63) is 35.2 Å². The Labute approximate surface area is 164 Å². The standard InChI is InChI=1S/C20H25ClN4O2/c21-16-7-5-14(6-8-16)19-23-18(27-24-19)13-25-11-9-15(10-12-25)20(26)22-17-3-1-2-4-17/h5-8,15,17H,1-4,9-13H2,(H,22,26). The van der Waals surface area contributed by atoms with Crippen LogP contribution in [0, 0.1) is 5.92 Å². The van der Waals surface area contributed by atoms with Crippen LogP contribution in [-0.2, 0) is 11.3 Å². The SMILES string of the molecule is O=C(NC1CCCC1)C1CCN(Cc2nc(-c3ccc(Cl)cc3)no2)CC1. The number of rotatable bonds is 5. The zero-order valence-corrected chi connectivity index (χ0v) is 16.1. The molecule has 1 aromatic heterocycles. The van der Waals surface area contributed by atoms with Crippen molar-refractivity contribution in [2.75, 3.05) is 13.1 Å². The Morgan fingerprint density at radius 3 is 2.56 bits per heavy atom. The molecule has 0 radical (unpaired) electrons. The summed E-state index contributed by atoms with van der Waals surface area (Å²) in [5.41, 5.74) is 0.886. The van der Waals surface area contributed by atoms with Gasteiger partial charge in [0.1, 0.15) is 0 Å². The molecule has 0 unspecified atom stereocenters. The van der Waals surface area contributed by atoms with Gasteiger partial charge in [-0.2, -0.15) is 4.98 Å². The molecule has 2 aliphatic rings. The number of hydrogen-bond donors (Lipinski definition) is 1. The molecule has 1 amide bonds. The zero-order valence-electron chi connectivity index (χ0n) is 15.4. The Morgan fingerprint density at radius 1 is 1.15 bits per heavy atom. The topological polar surface area (TPSA) is 71.3 Å². The average molecular weight is 389 g/mol. The lowest BCUT2D eigenvalue weighted by Gasteiger charge is -2.30. The Kier molecular flexibility index (Phi) is 5.74. The summed E-state index contributed by atoms with van der Waals surface area (Å²) in [4.78, 5) is 19.2. The molecule has 0 spiro atoms. The predicted molar refractivity (Wildman–Crippen MR) is 103 cm³/mol. The summed E-state index contributed by atoms with van der Waals surface area (Å²) < 4.78 is 5.40. The molecule has 6 nitrogen and oxygen atoms in total. The molecular formula is C20H25ClN4O2. The van der Waals surface area contributed by atoms with Crippen LogP contribution in [0.1, 0.15) is 44.4 Å². The fraction of sp³-hybridized carbons (Fsp3) is 0.550. The first-order chi connectivity index (χ1) is 13.2. The largest absolute Gasteiger partial charge is 0.353 e. The fourth-order valence-corrected chi connectivity index (χ4v) is 4.10. The number of amides is 1. The van der Waals surface area contributed by atoms with Crippen LogP contribution >= 0.6 is 11.6 Å². The quantitative estimate of drug-likeness (QED) is 0.846. The highest BCUT2D eigenvalue weighted by atomic mass is 35.5. The minimum absolute atomic E-state index is 0.133. The van der Waals surface area contributed by atoms with E-state index in [1.165, 1.54) is 12.8 Å². The van der Waals surface area contributed by atoms with Gasteiger partial charge in [-0.1, -0.05) is 29.6 Å². The van der Waals surface area contributed by atoms with Gasteiger partial charge in [-0.15, -0.1) is 0 Å². The lowest BCUT2D eigenvalue weighted by atomic mass is 9.95. The van der Waals surface area contributed by atoms with Gasteiger partial charge in [0.05, 0.1) is 6.54 Å². The van der Waals surface area contributed by atoms with Crippen molar-refractivity contribution in [1.82, 2.24) is 20.4 Å². The number of benzene rings is 1. The summed E-state index contributed by atoms with van der Waals surface area (Å²) >= 11 is 5.92. The third-order valence-corrected chi connectivity index (χ3v) is 5.84. The van der Waals surface area contributed by atoms with Crippen molar-refractivity contribution in [2.45, 2.75) is 51.1 Å². The maximum atomic E-state index is 12.4. The average Bonchev–Trinajstić information content (AvgIpc) is 3.35. The van der Waals surface area contributed by atoms with E-state index in [0.29, 0.717) is 29.3 Å². The van der Waals surface area contributed by atoms with Crippen LogP contribution in [-0.4, -0.2) is 40.1 Å². The molecule has 1 aromatic carbocycles. The normalized spacial score (nSPS) is 19.4. The van der Waals surface area contributed by atoms with Gasteiger partial charge in [0.25, 0.3) is 0 Å². The summed E-state index contributed by atoms with van der Waals surface area (Å²) in [5, 5.41) is 7.98. The maximum absolute atomic E-state index is 12.4. The van der Waals surface area contributed by atoms with Crippen LogP contribution < -0.4 is 5.32 Å². The second-order valence-electron chi connectivity index (χ2n) is 7.56. The van der Waals surface area contributed by atoms with Crippen LogP contribution in [0.25, 0.3) is 11.4 Å². The van der Waals surface area contributed by atoms with E-state index in [4.69, 9.17) is 16.1 Å². The Morgan fingerprint density at radius 2 is 1.85 bits per heavy atom. The van der Waals surface area contributed by atoms with Crippen LogP contribution in [0.3, 0.4) is 0 Å². The number of halogens is 1. The molecule has 2 fully saturated rings. The lowest BCUT2D eigenvalue weighted by Crippen LogP contribution is -2.43. The Balaban J connectivity index is 1.27. The van der Waals surface area contributed by atoms with E-state index >= 15 is 0 Å². The van der Waals surface area contributed by atoms with E-state index in [2.05, 4.69) is 20.4 Å². The van der Waals surface area contributed by atoms with Gasteiger partial charge < -0.3 is 9.84 Å². The minimum Gasteiger partial charge on any atom is -0.353 e. The molecule has 1 saturated heterocycles. The molecule has 2 aromatic rings. The Bertz CT molecular complexity index is 763. The number of carbonyl (C=O) groups excluding carboxylic acids is 1. The highest BCUT2D eigenvalue weighted by Crippen LogP contribution is 2.23. The molecule has 1 N–H and O–H groups in total. The zero-order chi connectivity index (χ0) is 18.6. The van der Waals surface area contributed by atoms with Gasteiger partial charge in [-0.3, -0.25) is 9.69 Å². The molecule has 144 valence electrons. The second kappa shape index (κ2) is 8.40. The Hall–Kier alpha value is -1.92. The third kappa shape index (κ3) is 4.68. The van der Waals surface area contributed by atoms with Crippen molar-refractivity contribution in [1.29, 1.82) is 0 Å². The summed E-state index contributed by atoms with van der Waals surface area (Å²) in [6.07, 6.45) is 6.53. The van der Waals surface area contributed by atoms with E-state index in [9.17, 15) is 4.79 Å². The first-order valence-corrected chi connectivity index (χ1v) is 10.2. The molecule has 4 rings (SSSR count).